The lowest BCUT2D eigenvalue weighted by Crippen LogP contribution is -2.19. The van der Waals surface area contributed by atoms with E-state index in [0.717, 1.165) is 38.4 Å². The van der Waals surface area contributed by atoms with Gasteiger partial charge in [0.15, 0.2) is 0 Å². The van der Waals surface area contributed by atoms with Crippen molar-refractivity contribution < 1.29 is 7.16 Å². The van der Waals surface area contributed by atoms with Gasteiger partial charge in [-0.15, -0.1) is 0 Å². The summed E-state index contributed by atoms with van der Waals surface area (Å²) in [6.45, 7) is 65.1. The van der Waals surface area contributed by atoms with E-state index in [4.69, 9.17) is 4.42 Å². The van der Waals surface area contributed by atoms with Crippen LogP contribution >= 0.6 is 0 Å². The predicted octanol–water partition coefficient (Wildman–Crippen LogP) is 22.4. The normalized spacial score (nSPS) is 13.6. The molecule has 78 heavy (non-hydrogen) atoms. The van der Waals surface area contributed by atoms with Crippen molar-refractivity contribution in [3.05, 3.63) is 168 Å². The van der Waals surface area contributed by atoms with E-state index in [1.165, 1.54) is 211 Å². The minimum Gasteiger partial charge on any atom is -0.456 e. The summed E-state index contributed by atoms with van der Waals surface area (Å²) in [5.41, 5.74) is 47.6. The topological polar surface area (TPSA) is 13.1 Å². The van der Waals surface area contributed by atoms with Crippen LogP contribution in [0.1, 0.15) is 172 Å². The summed E-state index contributed by atoms with van der Waals surface area (Å²) in [6.07, 6.45) is 0. The molecular weight excluding hydrogens is 941 g/mol. The van der Waals surface area contributed by atoms with E-state index in [-0.39, 0.29) is 5.41 Å². The van der Waals surface area contributed by atoms with Crippen LogP contribution in [0, 0.1) is 180 Å². The zero-order chi connectivity index (χ0) is 58.9. The first-order valence-electron chi connectivity index (χ1n) is 29.9. The molecule has 0 N–H and O–H groups in total. The highest BCUT2D eigenvalue weighted by Gasteiger charge is 2.42. The summed E-state index contributed by atoms with van der Waals surface area (Å²) < 4.78 is 27.2. The Morgan fingerprint density at radius 3 is 1.10 bits per heavy atom. The van der Waals surface area contributed by atoms with Crippen LogP contribution in [0.4, 0.5) is 0 Å². The first-order valence-corrected chi connectivity index (χ1v) is 28.9. The van der Waals surface area contributed by atoms with E-state index in [1.54, 1.807) is 0 Å². The molecule has 1 heteroatoms. The highest BCUT2D eigenvalue weighted by molar-refractivity contribution is 6.30. The van der Waals surface area contributed by atoms with Gasteiger partial charge < -0.3 is 4.42 Å². The Morgan fingerprint density at radius 1 is 0.269 bits per heavy atom. The molecule has 0 radical (unpaired) electrons. The van der Waals surface area contributed by atoms with Gasteiger partial charge in [0, 0.05) is 16.2 Å². The summed E-state index contributed by atoms with van der Waals surface area (Å²) >= 11 is 0. The average Bonchev–Trinajstić information content (AvgIpc) is 3.40. The van der Waals surface area contributed by atoms with Crippen LogP contribution in [0.3, 0.4) is 0 Å². The number of aryl methyl sites for hydroxylation is 8. The van der Waals surface area contributed by atoms with Crippen LogP contribution in [0.5, 0.6) is 0 Å². The zero-order valence-electron chi connectivity index (χ0n) is 54.9. The standard InChI is InChI=1S/C77H86O/c1-31-29-58-64-56(26)63(51(21)53(23)75(64)77(27,28)74(58)52(22)32(31)2)61-47(17)49(19)62(50(20)48(61)18)71-66-42(12)35(5)37(7)44(14)68(66)72(69-45(15)38(8)36(6)43(13)67(69)71)70-46(16)39(9)54(24)76-73(70)65-55(25)60-41(11)34(4)33(3)40(10)57(60)30-59(65)78-76/h29-30H,1-28H3/i29D,30D. The predicted molar refractivity (Wildman–Crippen MR) is 343 cm³/mol. The van der Waals surface area contributed by atoms with Crippen molar-refractivity contribution in [1.82, 2.24) is 0 Å². The third kappa shape index (κ3) is 6.43. The Bertz CT molecular complexity index is 4540. The molecule has 1 aliphatic carbocycles. The van der Waals surface area contributed by atoms with E-state index in [0.29, 0.717) is 17.7 Å². The van der Waals surface area contributed by atoms with Gasteiger partial charge in [-0.05, 0) is 419 Å². The number of furan rings is 1. The smallest absolute Gasteiger partial charge is 0.139 e. The molecule has 0 fully saturated rings. The molecule has 1 aromatic heterocycles. The summed E-state index contributed by atoms with van der Waals surface area (Å²) in [6, 6.07) is 1.16. The van der Waals surface area contributed by atoms with Gasteiger partial charge in [-0.25, -0.2) is 0 Å². The maximum absolute atomic E-state index is 10.1. The Balaban J connectivity index is 1.36. The summed E-state index contributed by atoms with van der Waals surface area (Å²) in [7, 11) is 0. The first-order chi connectivity index (χ1) is 37.2. The van der Waals surface area contributed by atoms with Crippen molar-refractivity contribution in [2.45, 2.75) is 199 Å². The van der Waals surface area contributed by atoms with Crippen molar-refractivity contribution in [1.29, 1.82) is 0 Å². The lowest BCUT2D eigenvalue weighted by atomic mass is 9.72. The van der Waals surface area contributed by atoms with E-state index in [9.17, 15) is 2.74 Å². The maximum Gasteiger partial charge on any atom is 0.139 e. The molecule has 0 amide bonds. The Hall–Kier alpha value is -6.44. The van der Waals surface area contributed by atoms with Gasteiger partial charge in [0.25, 0.3) is 0 Å². The van der Waals surface area contributed by atoms with Gasteiger partial charge in [0.2, 0.25) is 0 Å². The zero-order valence-corrected chi connectivity index (χ0v) is 52.9. The largest absolute Gasteiger partial charge is 0.456 e. The minimum atomic E-state index is -0.227. The van der Waals surface area contributed by atoms with Gasteiger partial charge in [-0.1, -0.05) is 19.9 Å². The molecule has 9 aromatic carbocycles. The molecule has 1 aliphatic rings. The fourth-order valence-corrected chi connectivity index (χ4v) is 16.1. The van der Waals surface area contributed by atoms with Gasteiger partial charge in [-0.2, -0.15) is 0 Å². The Morgan fingerprint density at radius 2 is 0.628 bits per heavy atom. The first kappa shape index (κ1) is 51.0. The number of hydrogen-bond donors (Lipinski definition) is 0. The quantitative estimate of drug-likeness (QED) is 0.161. The molecule has 0 aliphatic heterocycles. The summed E-state index contributed by atoms with van der Waals surface area (Å²) in [5, 5.41) is 9.69. The highest BCUT2D eigenvalue weighted by Crippen LogP contribution is 2.59. The Labute approximate surface area is 470 Å². The fraction of sp³-hybridized carbons (Fsp3) is 0.377. The molecule has 0 atom stereocenters. The van der Waals surface area contributed by atoms with Crippen LogP contribution in [0.25, 0.3) is 98.8 Å². The number of rotatable bonds is 3. The molecule has 0 bridgehead atoms. The Kier molecular flexibility index (Phi) is 11.3. The SMILES string of the molecule is [2H]c1c(C)c(C)c(C)c2c1-c1c(C)c(-c3c(C)c(C)c(-c4c5c(C)c(C)c(C)c(C)c5c(-c5c(C)c(C)c(C)c6oc7c([2H])c8c(C)c(C)c(C)c(C)c8c(C)c7c56)c5c(C)c(C)c(C)c(C)c45)c(C)c3C)c(C)c(C)c1C2(C)C. The summed E-state index contributed by atoms with van der Waals surface area (Å²) in [4.78, 5) is 0. The third-order valence-electron chi connectivity index (χ3n) is 22.3. The minimum absolute atomic E-state index is 0.227. The van der Waals surface area contributed by atoms with Gasteiger partial charge >= 0.3 is 0 Å². The molecule has 1 nitrogen and oxygen atoms in total. The van der Waals surface area contributed by atoms with Crippen LogP contribution in [-0.4, -0.2) is 0 Å². The van der Waals surface area contributed by atoms with E-state index in [1.807, 2.05) is 0 Å². The number of fused-ring (bicyclic) bond motifs is 9. The van der Waals surface area contributed by atoms with Crippen LogP contribution in [0.2, 0.25) is 0 Å². The average molecular weight is 1030 g/mol. The molecule has 11 rings (SSSR count). The van der Waals surface area contributed by atoms with Crippen molar-refractivity contribution in [2.75, 3.05) is 0 Å². The second kappa shape index (κ2) is 17.3. The van der Waals surface area contributed by atoms with Crippen molar-refractivity contribution in [2.24, 2.45) is 0 Å². The van der Waals surface area contributed by atoms with Crippen molar-refractivity contribution in [3.63, 3.8) is 0 Å². The molecule has 10 aromatic rings. The fourth-order valence-electron chi connectivity index (χ4n) is 16.1. The van der Waals surface area contributed by atoms with Crippen molar-refractivity contribution in [3.8, 4) is 44.5 Å². The van der Waals surface area contributed by atoms with Crippen LogP contribution in [0.15, 0.2) is 16.5 Å². The van der Waals surface area contributed by atoms with E-state index < -0.39 is 0 Å². The maximum atomic E-state index is 10.1. The molecule has 400 valence electrons. The van der Waals surface area contributed by atoms with Crippen LogP contribution < -0.4 is 0 Å². The molecular formula is C77H86O. The van der Waals surface area contributed by atoms with Gasteiger partial charge in [0.1, 0.15) is 11.2 Å². The molecule has 0 saturated heterocycles. The summed E-state index contributed by atoms with van der Waals surface area (Å²) in [5.74, 6) is 0. The second-order valence-electron chi connectivity index (χ2n) is 25.6. The van der Waals surface area contributed by atoms with Gasteiger partial charge in [0.05, 0.1) is 2.74 Å². The van der Waals surface area contributed by atoms with Crippen molar-refractivity contribution >= 4 is 54.3 Å². The van der Waals surface area contributed by atoms with E-state index in [2.05, 4.69) is 194 Å². The molecule has 0 saturated carbocycles. The highest BCUT2D eigenvalue weighted by atomic mass is 16.3. The van der Waals surface area contributed by atoms with E-state index >= 15 is 0 Å². The monoisotopic (exact) mass is 1030 g/mol. The van der Waals surface area contributed by atoms with Gasteiger partial charge in [-0.3, -0.25) is 0 Å². The lowest BCUT2D eigenvalue weighted by Gasteiger charge is -2.31. The molecule has 0 spiro atoms. The lowest BCUT2D eigenvalue weighted by molar-refractivity contribution is 0.649. The number of hydrogen-bond acceptors (Lipinski definition) is 1. The van der Waals surface area contributed by atoms with Crippen LogP contribution in [-0.2, 0) is 5.41 Å². The number of benzene rings is 9. The second-order valence-corrected chi connectivity index (χ2v) is 25.6. The molecule has 0 unspecified atom stereocenters. The third-order valence-corrected chi connectivity index (χ3v) is 22.3. The molecule has 1 heterocycles.